The van der Waals surface area contributed by atoms with Gasteiger partial charge in [0.05, 0.1) is 0 Å². The highest BCUT2D eigenvalue weighted by molar-refractivity contribution is 6.04. The minimum Gasteiger partial charge on any atom is -0.336 e. The van der Waals surface area contributed by atoms with Crippen molar-refractivity contribution in [2.24, 2.45) is 0 Å². The van der Waals surface area contributed by atoms with Crippen LogP contribution in [0.2, 0.25) is 0 Å². The molecule has 3 rings (SSSR count). The Morgan fingerprint density at radius 3 is 2.41 bits per heavy atom. The predicted molar refractivity (Wildman–Crippen MR) is 116 cm³/mol. The summed E-state index contributed by atoms with van der Waals surface area (Å²) in [5.41, 5.74) is 3.55. The normalized spacial score (nSPS) is 14.0. The first-order valence-electron chi connectivity index (χ1n) is 10.3. The number of rotatable bonds is 7. The Morgan fingerprint density at radius 1 is 1.00 bits per heavy atom. The summed E-state index contributed by atoms with van der Waals surface area (Å²) in [6.07, 6.45) is 2.54. The van der Waals surface area contributed by atoms with Gasteiger partial charge in [-0.3, -0.25) is 9.69 Å². The fraction of sp³-hybridized carbons (Fsp3) is 0.391. The van der Waals surface area contributed by atoms with Gasteiger partial charge in [0.25, 0.3) is 5.91 Å². The van der Waals surface area contributed by atoms with E-state index >= 15 is 0 Å². The van der Waals surface area contributed by atoms with Crippen molar-refractivity contribution < 1.29 is 9.59 Å². The van der Waals surface area contributed by atoms with E-state index in [1.807, 2.05) is 44.2 Å². The molecule has 29 heavy (non-hydrogen) atoms. The van der Waals surface area contributed by atoms with Gasteiger partial charge in [-0.15, -0.1) is 0 Å². The number of benzene rings is 2. The lowest BCUT2D eigenvalue weighted by Crippen LogP contribution is -2.39. The molecule has 6 nitrogen and oxygen atoms in total. The number of hydrogen-bond acceptors (Lipinski definition) is 3. The van der Waals surface area contributed by atoms with E-state index in [0.29, 0.717) is 12.1 Å². The lowest BCUT2D eigenvalue weighted by Gasteiger charge is -2.15. The van der Waals surface area contributed by atoms with E-state index in [2.05, 4.69) is 26.9 Å². The molecule has 0 atom stereocenters. The molecule has 0 aromatic heterocycles. The van der Waals surface area contributed by atoms with Gasteiger partial charge in [0.15, 0.2) is 0 Å². The molecule has 0 aliphatic carbocycles. The largest absolute Gasteiger partial charge is 0.336 e. The predicted octanol–water partition coefficient (Wildman–Crippen LogP) is 3.74. The van der Waals surface area contributed by atoms with Crippen LogP contribution in [0.25, 0.3) is 0 Å². The third-order valence-corrected chi connectivity index (χ3v) is 4.88. The zero-order valence-electron chi connectivity index (χ0n) is 17.2. The number of nitrogens with zero attached hydrogens (tertiary/aromatic N) is 1. The fourth-order valence-electron chi connectivity index (χ4n) is 3.42. The summed E-state index contributed by atoms with van der Waals surface area (Å²) >= 11 is 0. The van der Waals surface area contributed by atoms with Crippen molar-refractivity contribution >= 4 is 17.6 Å². The van der Waals surface area contributed by atoms with E-state index < -0.39 is 0 Å². The maximum Gasteiger partial charge on any atom is 0.315 e. The summed E-state index contributed by atoms with van der Waals surface area (Å²) in [4.78, 5) is 26.7. The Hall–Kier alpha value is -2.86. The zero-order chi connectivity index (χ0) is 20.6. The SMILES string of the molecule is CC(C)NC(=O)NCc1ccc(C(=O)Nc2cccc(CN3CCCC3)c2)cc1. The highest BCUT2D eigenvalue weighted by Gasteiger charge is 2.12. The molecule has 3 amide bonds. The van der Waals surface area contributed by atoms with Crippen molar-refractivity contribution in [3.05, 3.63) is 65.2 Å². The van der Waals surface area contributed by atoms with Gasteiger partial charge in [-0.25, -0.2) is 4.79 Å². The van der Waals surface area contributed by atoms with Gasteiger partial charge >= 0.3 is 6.03 Å². The summed E-state index contributed by atoms with van der Waals surface area (Å²) < 4.78 is 0. The van der Waals surface area contributed by atoms with Gasteiger partial charge in [0.1, 0.15) is 0 Å². The molecule has 2 aromatic rings. The van der Waals surface area contributed by atoms with Crippen molar-refractivity contribution in [1.82, 2.24) is 15.5 Å². The first-order chi connectivity index (χ1) is 14.0. The van der Waals surface area contributed by atoms with Gasteiger partial charge in [0.2, 0.25) is 0 Å². The van der Waals surface area contributed by atoms with Gasteiger partial charge in [0, 0.05) is 30.4 Å². The molecule has 3 N–H and O–H groups in total. The number of hydrogen-bond donors (Lipinski definition) is 3. The molecule has 0 bridgehead atoms. The fourth-order valence-corrected chi connectivity index (χ4v) is 3.42. The molecular weight excluding hydrogens is 364 g/mol. The van der Waals surface area contributed by atoms with E-state index in [4.69, 9.17) is 0 Å². The molecular formula is C23H30N4O2. The third kappa shape index (κ3) is 6.61. The molecule has 1 aliphatic heterocycles. The van der Waals surface area contributed by atoms with Crippen LogP contribution in [0.15, 0.2) is 48.5 Å². The van der Waals surface area contributed by atoms with Gasteiger partial charge in [-0.2, -0.15) is 0 Å². The van der Waals surface area contributed by atoms with Crippen LogP contribution in [0.5, 0.6) is 0 Å². The van der Waals surface area contributed by atoms with Crippen molar-refractivity contribution in [1.29, 1.82) is 0 Å². The Labute approximate surface area is 172 Å². The van der Waals surface area contributed by atoms with Crippen LogP contribution in [-0.4, -0.2) is 36.0 Å². The number of nitrogens with one attached hydrogen (secondary N) is 3. The number of likely N-dealkylation sites (tertiary alicyclic amines) is 1. The van der Waals surface area contributed by atoms with Crippen LogP contribution < -0.4 is 16.0 Å². The van der Waals surface area contributed by atoms with Crippen LogP contribution in [0, 0.1) is 0 Å². The summed E-state index contributed by atoms with van der Waals surface area (Å²) in [6.45, 7) is 7.47. The first kappa shape index (κ1) is 20.9. The zero-order valence-corrected chi connectivity index (χ0v) is 17.2. The van der Waals surface area contributed by atoms with E-state index in [-0.39, 0.29) is 18.0 Å². The Kier molecular flexibility index (Phi) is 7.25. The van der Waals surface area contributed by atoms with Crippen molar-refractivity contribution in [3.8, 4) is 0 Å². The summed E-state index contributed by atoms with van der Waals surface area (Å²) in [7, 11) is 0. The van der Waals surface area contributed by atoms with Gasteiger partial charge in [-0.1, -0.05) is 24.3 Å². The van der Waals surface area contributed by atoms with E-state index in [9.17, 15) is 9.59 Å². The second-order valence-corrected chi connectivity index (χ2v) is 7.82. The lowest BCUT2D eigenvalue weighted by atomic mass is 10.1. The Balaban J connectivity index is 1.53. The standard InChI is InChI=1S/C23H30N4O2/c1-17(2)25-23(29)24-15-18-8-10-20(11-9-18)22(28)26-21-7-5-6-19(14-21)16-27-12-3-4-13-27/h5-11,14,17H,3-4,12-13,15-16H2,1-2H3,(H,26,28)(H2,24,25,29). The van der Waals surface area contributed by atoms with Crippen molar-refractivity contribution in [2.45, 2.75) is 45.8 Å². The Morgan fingerprint density at radius 2 is 1.72 bits per heavy atom. The molecule has 1 saturated heterocycles. The van der Waals surface area contributed by atoms with E-state index in [1.165, 1.54) is 18.4 Å². The average molecular weight is 395 g/mol. The number of carbonyl (C=O) groups excluding carboxylic acids is 2. The molecule has 1 fully saturated rings. The smallest absolute Gasteiger partial charge is 0.315 e. The minimum atomic E-state index is -0.198. The quantitative estimate of drug-likeness (QED) is 0.670. The Bertz CT molecular complexity index is 827. The molecule has 0 spiro atoms. The molecule has 0 unspecified atom stereocenters. The maximum absolute atomic E-state index is 12.6. The number of carbonyl (C=O) groups is 2. The minimum absolute atomic E-state index is 0.0925. The summed E-state index contributed by atoms with van der Waals surface area (Å²) in [5.74, 6) is -0.139. The third-order valence-electron chi connectivity index (χ3n) is 4.88. The monoisotopic (exact) mass is 394 g/mol. The molecule has 6 heteroatoms. The lowest BCUT2D eigenvalue weighted by molar-refractivity contribution is 0.102. The second kappa shape index (κ2) is 10.1. The number of anilines is 1. The number of amides is 3. The number of urea groups is 1. The molecule has 154 valence electrons. The van der Waals surface area contributed by atoms with Gasteiger partial charge in [-0.05, 0) is 75.2 Å². The molecule has 1 aliphatic rings. The van der Waals surface area contributed by atoms with E-state index in [0.717, 1.165) is 30.9 Å². The first-order valence-corrected chi connectivity index (χ1v) is 10.3. The molecule has 2 aromatic carbocycles. The van der Waals surface area contributed by atoms with Crippen LogP contribution >= 0.6 is 0 Å². The topological polar surface area (TPSA) is 73.5 Å². The average Bonchev–Trinajstić information content (AvgIpc) is 3.19. The van der Waals surface area contributed by atoms with Crippen LogP contribution in [0.3, 0.4) is 0 Å². The van der Waals surface area contributed by atoms with Crippen LogP contribution in [-0.2, 0) is 13.1 Å². The summed E-state index contributed by atoms with van der Waals surface area (Å²) in [6, 6.07) is 15.2. The van der Waals surface area contributed by atoms with Gasteiger partial charge < -0.3 is 16.0 Å². The highest BCUT2D eigenvalue weighted by Crippen LogP contribution is 2.17. The summed E-state index contributed by atoms with van der Waals surface area (Å²) in [5, 5.41) is 8.56. The second-order valence-electron chi connectivity index (χ2n) is 7.82. The van der Waals surface area contributed by atoms with Crippen LogP contribution in [0.1, 0.15) is 48.2 Å². The molecule has 1 heterocycles. The highest BCUT2D eigenvalue weighted by atomic mass is 16.2. The van der Waals surface area contributed by atoms with Crippen molar-refractivity contribution in [3.63, 3.8) is 0 Å². The maximum atomic E-state index is 12.6. The molecule has 0 saturated carbocycles. The van der Waals surface area contributed by atoms with Crippen LogP contribution in [0.4, 0.5) is 10.5 Å². The van der Waals surface area contributed by atoms with Crippen molar-refractivity contribution in [2.75, 3.05) is 18.4 Å². The molecule has 0 radical (unpaired) electrons. The van der Waals surface area contributed by atoms with E-state index in [1.54, 1.807) is 12.1 Å².